The van der Waals surface area contributed by atoms with Gasteiger partial charge in [0.1, 0.15) is 4.21 Å². The molecular formula is C13H12O2S2. The fourth-order valence-electron chi connectivity index (χ4n) is 2.29. The molecule has 2 nitrogen and oxygen atoms in total. The average Bonchev–Trinajstić information content (AvgIpc) is 2.65. The predicted molar refractivity (Wildman–Crippen MR) is 68.4 cm³/mol. The van der Waals surface area contributed by atoms with Gasteiger partial charge in [0.15, 0.2) is 0 Å². The van der Waals surface area contributed by atoms with Crippen molar-refractivity contribution < 1.29 is 8.42 Å². The molecule has 17 heavy (non-hydrogen) atoms. The summed E-state index contributed by atoms with van der Waals surface area (Å²) in [6.45, 7) is 1.96. The Hall–Kier alpha value is -1.13. The van der Waals surface area contributed by atoms with Gasteiger partial charge < -0.3 is 0 Å². The van der Waals surface area contributed by atoms with Crippen molar-refractivity contribution in [3.05, 3.63) is 46.3 Å². The summed E-state index contributed by atoms with van der Waals surface area (Å²) in [6, 6.07) is 9.33. The molecule has 0 aliphatic carbocycles. The zero-order valence-corrected chi connectivity index (χ0v) is 11.1. The zero-order chi connectivity index (χ0) is 12.0. The average molecular weight is 264 g/mol. The van der Waals surface area contributed by atoms with Crippen molar-refractivity contribution in [2.45, 2.75) is 28.9 Å². The van der Waals surface area contributed by atoms with E-state index in [1.54, 1.807) is 12.1 Å². The number of rotatable bonds is 0. The molecule has 0 atom stereocenters. The van der Waals surface area contributed by atoms with Crippen LogP contribution in [-0.4, -0.2) is 8.42 Å². The zero-order valence-electron chi connectivity index (χ0n) is 9.43. The molecule has 0 amide bonds. The molecule has 2 aromatic rings. The molecule has 0 spiro atoms. The van der Waals surface area contributed by atoms with E-state index in [0.29, 0.717) is 9.10 Å². The van der Waals surface area contributed by atoms with Crippen molar-refractivity contribution in [3.63, 3.8) is 0 Å². The van der Waals surface area contributed by atoms with E-state index in [9.17, 15) is 8.42 Å². The lowest BCUT2D eigenvalue weighted by Crippen LogP contribution is -2.01. The molecule has 3 rings (SSSR count). The van der Waals surface area contributed by atoms with E-state index in [2.05, 4.69) is 0 Å². The second kappa shape index (κ2) is 3.68. The minimum Gasteiger partial charge on any atom is -0.218 e. The SMILES string of the molecule is Cc1cc2c(s1)S(=O)(=O)c1ccccc1CC2. The maximum absolute atomic E-state index is 12.5. The first-order valence-electron chi connectivity index (χ1n) is 5.51. The number of fused-ring (bicyclic) bond motifs is 2. The molecule has 0 saturated heterocycles. The van der Waals surface area contributed by atoms with Gasteiger partial charge in [0.25, 0.3) is 0 Å². The molecule has 1 aliphatic heterocycles. The highest BCUT2D eigenvalue weighted by atomic mass is 32.2. The molecule has 4 heteroatoms. The Bertz CT molecular complexity index is 681. The monoisotopic (exact) mass is 264 g/mol. The summed E-state index contributed by atoms with van der Waals surface area (Å²) in [5, 5.41) is 0. The summed E-state index contributed by atoms with van der Waals surface area (Å²) in [4.78, 5) is 1.55. The largest absolute Gasteiger partial charge is 0.218 e. The summed E-state index contributed by atoms with van der Waals surface area (Å²) in [5.41, 5.74) is 1.91. The summed E-state index contributed by atoms with van der Waals surface area (Å²) in [7, 11) is -3.30. The van der Waals surface area contributed by atoms with Gasteiger partial charge >= 0.3 is 0 Å². The number of hydrogen-bond acceptors (Lipinski definition) is 3. The summed E-state index contributed by atoms with van der Waals surface area (Å²) in [5.74, 6) is 0. The Morgan fingerprint density at radius 1 is 1.12 bits per heavy atom. The van der Waals surface area contributed by atoms with Crippen LogP contribution in [0.1, 0.15) is 16.0 Å². The van der Waals surface area contributed by atoms with Gasteiger partial charge in [-0.05, 0) is 43.0 Å². The summed E-state index contributed by atoms with van der Waals surface area (Å²) in [6.07, 6.45) is 1.62. The minimum absolute atomic E-state index is 0.487. The standard InChI is InChI=1S/C13H12O2S2/c1-9-8-11-7-6-10-4-2-3-5-12(10)17(14,15)13(11)16-9/h2-5,8H,6-7H2,1H3. The van der Waals surface area contributed by atoms with Crippen LogP contribution in [0.4, 0.5) is 0 Å². The maximum atomic E-state index is 12.5. The first kappa shape index (κ1) is 11.0. The molecular weight excluding hydrogens is 252 g/mol. The molecule has 0 fully saturated rings. The third kappa shape index (κ3) is 1.63. The maximum Gasteiger partial charge on any atom is 0.216 e. The van der Waals surface area contributed by atoms with Gasteiger partial charge in [0.2, 0.25) is 9.84 Å². The second-order valence-corrected chi connectivity index (χ2v) is 7.65. The van der Waals surface area contributed by atoms with Crippen LogP contribution in [0, 0.1) is 6.92 Å². The van der Waals surface area contributed by atoms with Crippen molar-refractivity contribution >= 4 is 21.2 Å². The Labute approximate surface area is 105 Å². The van der Waals surface area contributed by atoms with Gasteiger partial charge in [-0.1, -0.05) is 18.2 Å². The smallest absolute Gasteiger partial charge is 0.216 e. The van der Waals surface area contributed by atoms with Crippen molar-refractivity contribution in [1.82, 2.24) is 0 Å². The van der Waals surface area contributed by atoms with E-state index in [0.717, 1.165) is 28.8 Å². The number of sulfone groups is 1. The van der Waals surface area contributed by atoms with Gasteiger partial charge in [-0.25, -0.2) is 8.42 Å². The quantitative estimate of drug-likeness (QED) is 0.733. The van der Waals surface area contributed by atoms with E-state index >= 15 is 0 Å². The summed E-state index contributed by atoms with van der Waals surface area (Å²) < 4.78 is 25.6. The highest BCUT2D eigenvalue weighted by molar-refractivity contribution is 7.93. The topological polar surface area (TPSA) is 34.1 Å². The molecule has 0 bridgehead atoms. The van der Waals surface area contributed by atoms with Gasteiger partial charge in [0, 0.05) is 4.88 Å². The third-order valence-corrected chi connectivity index (χ3v) is 6.59. The summed E-state index contributed by atoms with van der Waals surface area (Å²) >= 11 is 1.39. The highest BCUT2D eigenvalue weighted by Gasteiger charge is 2.28. The van der Waals surface area contributed by atoms with Gasteiger partial charge in [-0.15, -0.1) is 11.3 Å². The first-order chi connectivity index (χ1) is 8.09. The minimum atomic E-state index is -3.30. The van der Waals surface area contributed by atoms with Crippen molar-refractivity contribution in [3.8, 4) is 0 Å². The van der Waals surface area contributed by atoms with Crippen LogP contribution < -0.4 is 0 Å². The van der Waals surface area contributed by atoms with E-state index in [-0.39, 0.29) is 0 Å². The number of aryl methyl sites for hydroxylation is 3. The van der Waals surface area contributed by atoms with E-state index in [1.807, 2.05) is 25.1 Å². The predicted octanol–water partition coefficient (Wildman–Crippen LogP) is 2.99. The Balaban J connectivity index is 2.34. The molecule has 1 aromatic heterocycles. The second-order valence-electron chi connectivity index (χ2n) is 4.28. The Kier molecular flexibility index (Phi) is 2.38. The van der Waals surface area contributed by atoms with Crippen LogP contribution in [0.5, 0.6) is 0 Å². The molecule has 0 unspecified atom stereocenters. The lowest BCUT2D eigenvalue weighted by Gasteiger charge is -2.04. The molecule has 2 heterocycles. The fourth-order valence-corrected chi connectivity index (χ4v) is 5.66. The number of hydrogen-bond donors (Lipinski definition) is 0. The molecule has 0 radical (unpaired) electrons. The fraction of sp³-hybridized carbons (Fsp3) is 0.231. The van der Waals surface area contributed by atoms with E-state index in [4.69, 9.17) is 0 Å². The Morgan fingerprint density at radius 2 is 1.82 bits per heavy atom. The Morgan fingerprint density at radius 3 is 2.65 bits per heavy atom. The molecule has 1 aliphatic rings. The molecule has 0 N–H and O–H groups in total. The van der Waals surface area contributed by atoms with E-state index < -0.39 is 9.84 Å². The lowest BCUT2D eigenvalue weighted by molar-refractivity contribution is 0.597. The third-order valence-electron chi connectivity index (χ3n) is 3.06. The van der Waals surface area contributed by atoms with E-state index in [1.165, 1.54) is 11.3 Å². The van der Waals surface area contributed by atoms with Crippen LogP contribution in [0.15, 0.2) is 39.4 Å². The van der Waals surface area contributed by atoms with Crippen LogP contribution >= 0.6 is 11.3 Å². The van der Waals surface area contributed by atoms with Crippen molar-refractivity contribution in [2.75, 3.05) is 0 Å². The van der Waals surface area contributed by atoms with Crippen LogP contribution in [0.25, 0.3) is 0 Å². The van der Waals surface area contributed by atoms with Crippen LogP contribution in [0.3, 0.4) is 0 Å². The van der Waals surface area contributed by atoms with Gasteiger partial charge in [-0.3, -0.25) is 0 Å². The number of benzene rings is 1. The van der Waals surface area contributed by atoms with Crippen molar-refractivity contribution in [1.29, 1.82) is 0 Å². The van der Waals surface area contributed by atoms with Crippen molar-refractivity contribution in [2.24, 2.45) is 0 Å². The first-order valence-corrected chi connectivity index (χ1v) is 7.81. The normalized spacial score (nSPS) is 17.0. The van der Waals surface area contributed by atoms with Crippen LogP contribution in [0.2, 0.25) is 0 Å². The highest BCUT2D eigenvalue weighted by Crippen LogP contribution is 2.36. The molecule has 0 saturated carbocycles. The number of thiophene rings is 1. The van der Waals surface area contributed by atoms with Crippen LogP contribution in [-0.2, 0) is 22.7 Å². The van der Waals surface area contributed by atoms with Gasteiger partial charge in [0.05, 0.1) is 4.90 Å². The lowest BCUT2D eigenvalue weighted by atomic mass is 10.1. The molecule has 1 aromatic carbocycles. The molecule has 88 valence electrons. The van der Waals surface area contributed by atoms with Gasteiger partial charge in [-0.2, -0.15) is 0 Å².